The summed E-state index contributed by atoms with van der Waals surface area (Å²) in [7, 11) is 0. The molecule has 0 N–H and O–H groups in total. The quantitative estimate of drug-likeness (QED) is 0.179. The monoisotopic (exact) mass is 701 g/mol. The number of hydrogen-bond donors (Lipinski definition) is 0. The van der Waals surface area contributed by atoms with Crippen LogP contribution in [0.25, 0.3) is 111 Å². The first-order chi connectivity index (χ1) is 27.2. The molecule has 4 nitrogen and oxygen atoms in total. The first-order valence-corrected chi connectivity index (χ1v) is 18.5. The minimum Gasteiger partial charge on any atom is -0.455 e. The summed E-state index contributed by atoms with van der Waals surface area (Å²) in [6, 6.07) is 65.8. The Balaban J connectivity index is 1.14. The fourth-order valence-electron chi connectivity index (χ4n) is 7.98. The second kappa shape index (κ2) is 12.6. The van der Waals surface area contributed by atoms with Crippen molar-refractivity contribution < 1.29 is 4.42 Å². The minimum atomic E-state index is 0.613. The Morgan fingerprint density at radius 3 is 1.53 bits per heavy atom. The topological polar surface area (TPSA) is 51.8 Å². The van der Waals surface area contributed by atoms with Gasteiger partial charge < -0.3 is 4.42 Å². The van der Waals surface area contributed by atoms with E-state index in [1.54, 1.807) is 0 Å². The van der Waals surface area contributed by atoms with Gasteiger partial charge in [-0.3, -0.25) is 0 Å². The van der Waals surface area contributed by atoms with Crippen LogP contribution < -0.4 is 0 Å². The highest BCUT2D eigenvalue weighted by molar-refractivity contribution is 6.23. The molecule has 0 unspecified atom stereocenters. The molecule has 11 aromatic rings. The third-order valence-corrected chi connectivity index (χ3v) is 10.7. The lowest BCUT2D eigenvalue weighted by molar-refractivity contribution is 0.673. The van der Waals surface area contributed by atoms with Gasteiger partial charge in [-0.2, -0.15) is 0 Å². The normalized spacial score (nSPS) is 11.6. The zero-order valence-corrected chi connectivity index (χ0v) is 29.6. The van der Waals surface area contributed by atoms with Crippen molar-refractivity contribution in [3.8, 4) is 56.4 Å². The Hall–Kier alpha value is -7.43. The Bertz CT molecular complexity index is 3180. The maximum Gasteiger partial charge on any atom is 0.164 e. The molecule has 0 fully saturated rings. The molecule has 0 aliphatic rings. The number of rotatable bonds is 5. The van der Waals surface area contributed by atoms with E-state index in [2.05, 4.69) is 182 Å². The van der Waals surface area contributed by atoms with Crippen molar-refractivity contribution in [2.45, 2.75) is 0 Å². The summed E-state index contributed by atoms with van der Waals surface area (Å²) < 4.78 is 6.69. The SMILES string of the molecule is c1ccc(-c2cccc3c2cc(-c2cccc(-c4nc(-c5ccc6ccccc6c5)nc(-c5ccc6ccccc6c5)n4)c2)c2c4ccccc4oc32)cc1. The average Bonchev–Trinajstić information content (AvgIpc) is 3.66. The van der Waals surface area contributed by atoms with Crippen molar-refractivity contribution in [3.63, 3.8) is 0 Å². The van der Waals surface area contributed by atoms with Gasteiger partial charge in [0.15, 0.2) is 17.5 Å². The number of nitrogens with zero attached hydrogens (tertiary/aromatic N) is 3. The summed E-state index contributed by atoms with van der Waals surface area (Å²) in [5.41, 5.74) is 9.01. The molecule has 256 valence electrons. The molecule has 9 aromatic carbocycles. The van der Waals surface area contributed by atoms with Gasteiger partial charge in [-0.05, 0) is 79.5 Å². The lowest BCUT2D eigenvalue weighted by Gasteiger charge is -2.13. The molecule has 4 heteroatoms. The van der Waals surface area contributed by atoms with Crippen molar-refractivity contribution >= 4 is 54.3 Å². The van der Waals surface area contributed by atoms with Gasteiger partial charge in [-0.15, -0.1) is 0 Å². The molecule has 0 aliphatic heterocycles. The fraction of sp³-hybridized carbons (Fsp3) is 0. The Labute approximate surface area is 317 Å². The summed E-state index contributed by atoms with van der Waals surface area (Å²) in [5, 5.41) is 9.02. The van der Waals surface area contributed by atoms with Crippen molar-refractivity contribution in [2.24, 2.45) is 0 Å². The van der Waals surface area contributed by atoms with Crippen LogP contribution in [0.2, 0.25) is 0 Å². The molecule has 0 saturated carbocycles. The Morgan fingerprint density at radius 2 is 0.836 bits per heavy atom. The van der Waals surface area contributed by atoms with Crippen LogP contribution in [-0.4, -0.2) is 15.0 Å². The molecule has 0 spiro atoms. The number of aromatic nitrogens is 3. The number of furan rings is 1. The first kappa shape index (κ1) is 31.1. The molecule has 0 bridgehead atoms. The van der Waals surface area contributed by atoms with Crippen molar-refractivity contribution in [3.05, 3.63) is 188 Å². The number of para-hydroxylation sites is 1. The fourth-order valence-corrected chi connectivity index (χ4v) is 7.98. The van der Waals surface area contributed by atoms with Gasteiger partial charge >= 0.3 is 0 Å². The number of fused-ring (bicyclic) bond motifs is 7. The molecule has 0 atom stereocenters. The predicted molar refractivity (Wildman–Crippen MR) is 227 cm³/mol. The van der Waals surface area contributed by atoms with Gasteiger partial charge in [0, 0.05) is 32.8 Å². The van der Waals surface area contributed by atoms with E-state index in [0.29, 0.717) is 17.5 Å². The van der Waals surface area contributed by atoms with Gasteiger partial charge in [0.2, 0.25) is 0 Å². The average molecular weight is 702 g/mol. The van der Waals surface area contributed by atoms with Gasteiger partial charge in [0.1, 0.15) is 11.2 Å². The van der Waals surface area contributed by atoms with Crippen LogP contribution >= 0.6 is 0 Å². The largest absolute Gasteiger partial charge is 0.455 e. The van der Waals surface area contributed by atoms with Crippen LogP contribution in [0.3, 0.4) is 0 Å². The maximum absolute atomic E-state index is 6.69. The Kier molecular flexibility index (Phi) is 7.14. The number of hydrogen-bond acceptors (Lipinski definition) is 4. The summed E-state index contributed by atoms with van der Waals surface area (Å²) in [6.07, 6.45) is 0. The lowest BCUT2D eigenvalue weighted by Crippen LogP contribution is -2.00. The maximum atomic E-state index is 6.69. The third-order valence-electron chi connectivity index (χ3n) is 10.7. The van der Waals surface area contributed by atoms with E-state index in [-0.39, 0.29) is 0 Å². The van der Waals surface area contributed by atoms with E-state index in [1.165, 1.54) is 10.8 Å². The second-order valence-electron chi connectivity index (χ2n) is 14.0. The molecular formula is C51H31N3O. The standard InChI is InChI=1S/C51H31N3O/c1-2-14-34(15-3-1)41-21-11-22-42-45(41)31-44(47-43-20-8-9-23-46(43)55-48(42)47)37-18-10-19-38(30-37)49-52-50(39-26-24-32-12-4-6-16-35(32)28-39)54-51(53-49)40-27-25-33-13-5-7-17-36(33)29-40/h1-31H. The predicted octanol–water partition coefficient (Wildman–Crippen LogP) is 13.6. The summed E-state index contributed by atoms with van der Waals surface area (Å²) in [4.78, 5) is 15.4. The summed E-state index contributed by atoms with van der Waals surface area (Å²) >= 11 is 0. The lowest BCUT2D eigenvalue weighted by atomic mass is 9.91. The second-order valence-corrected chi connectivity index (χ2v) is 14.0. The van der Waals surface area contributed by atoms with Crippen molar-refractivity contribution in [1.29, 1.82) is 0 Å². The molecule has 0 saturated heterocycles. The van der Waals surface area contributed by atoms with Gasteiger partial charge in [-0.1, -0.05) is 158 Å². The van der Waals surface area contributed by atoms with E-state index >= 15 is 0 Å². The third kappa shape index (κ3) is 5.34. The van der Waals surface area contributed by atoms with Crippen LogP contribution in [0.5, 0.6) is 0 Å². The van der Waals surface area contributed by atoms with E-state index < -0.39 is 0 Å². The number of benzene rings is 9. The van der Waals surface area contributed by atoms with Gasteiger partial charge in [0.25, 0.3) is 0 Å². The zero-order valence-electron chi connectivity index (χ0n) is 29.6. The molecule has 0 radical (unpaired) electrons. The molecular weight excluding hydrogens is 671 g/mol. The van der Waals surface area contributed by atoms with Crippen molar-refractivity contribution in [2.75, 3.05) is 0 Å². The summed E-state index contributed by atoms with van der Waals surface area (Å²) in [5.74, 6) is 1.87. The van der Waals surface area contributed by atoms with Crippen molar-refractivity contribution in [1.82, 2.24) is 15.0 Å². The molecule has 11 rings (SSSR count). The van der Waals surface area contributed by atoms with E-state index in [0.717, 1.165) is 82.4 Å². The molecule has 0 aliphatic carbocycles. The highest BCUT2D eigenvalue weighted by Gasteiger charge is 2.20. The zero-order chi connectivity index (χ0) is 36.3. The molecule has 2 aromatic heterocycles. The van der Waals surface area contributed by atoms with Crippen LogP contribution in [0, 0.1) is 0 Å². The molecule has 55 heavy (non-hydrogen) atoms. The summed E-state index contributed by atoms with van der Waals surface area (Å²) in [6.45, 7) is 0. The molecule has 0 amide bonds. The molecule has 2 heterocycles. The van der Waals surface area contributed by atoms with Crippen LogP contribution in [0.15, 0.2) is 192 Å². The van der Waals surface area contributed by atoms with Crippen LogP contribution in [-0.2, 0) is 0 Å². The van der Waals surface area contributed by atoms with E-state index in [9.17, 15) is 0 Å². The van der Waals surface area contributed by atoms with E-state index in [1.807, 2.05) is 6.07 Å². The van der Waals surface area contributed by atoms with Crippen LogP contribution in [0.1, 0.15) is 0 Å². The van der Waals surface area contributed by atoms with Gasteiger partial charge in [-0.25, -0.2) is 15.0 Å². The Morgan fingerprint density at radius 1 is 0.309 bits per heavy atom. The smallest absolute Gasteiger partial charge is 0.164 e. The first-order valence-electron chi connectivity index (χ1n) is 18.5. The van der Waals surface area contributed by atoms with Gasteiger partial charge in [0.05, 0.1) is 0 Å². The highest BCUT2D eigenvalue weighted by atomic mass is 16.3. The van der Waals surface area contributed by atoms with Crippen LogP contribution in [0.4, 0.5) is 0 Å². The minimum absolute atomic E-state index is 0.613. The van der Waals surface area contributed by atoms with E-state index in [4.69, 9.17) is 19.4 Å². The highest BCUT2D eigenvalue weighted by Crippen LogP contribution is 2.44.